The largest absolute Gasteiger partial charge is 0.325 e. The number of hydrogen-bond acceptors (Lipinski definition) is 2. The summed E-state index contributed by atoms with van der Waals surface area (Å²) < 4.78 is 13.1. The maximum Gasteiger partial charge on any atom is 0.238 e. The van der Waals surface area contributed by atoms with Crippen LogP contribution in [0.25, 0.3) is 0 Å². The van der Waals surface area contributed by atoms with E-state index in [4.69, 9.17) is 6.42 Å². The van der Waals surface area contributed by atoms with Crippen molar-refractivity contribution >= 4 is 11.6 Å². The highest BCUT2D eigenvalue weighted by Crippen LogP contribution is 2.16. The van der Waals surface area contributed by atoms with Crippen molar-refractivity contribution in [1.29, 1.82) is 0 Å². The fraction of sp³-hybridized carbons (Fsp3) is 0.250. The van der Waals surface area contributed by atoms with Crippen LogP contribution in [0, 0.1) is 25.1 Å². The number of terminal acetylenes is 1. The van der Waals surface area contributed by atoms with Gasteiger partial charge in [0.05, 0.1) is 13.1 Å². The number of rotatable bonds is 4. The Balaban J connectivity index is 2.57. The summed E-state index contributed by atoms with van der Waals surface area (Å²) in [6.45, 7) is 2.05. The van der Waals surface area contributed by atoms with Crippen LogP contribution in [-0.4, -0.2) is 19.0 Å². The minimum atomic E-state index is -0.339. The van der Waals surface area contributed by atoms with Gasteiger partial charge in [0, 0.05) is 11.3 Å². The standard InChI is InChI=1S/C12H13FN2O/c1-3-7-14-8-12(16)15-11-6-4-5-10(13)9(11)2/h1,4-6,14H,7-8H2,2H3,(H,15,16). The maximum absolute atomic E-state index is 13.1. The van der Waals surface area contributed by atoms with Crippen LogP contribution >= 0.6 is 0 Å². The van der Waals surface area contributed by atoms with Crippen molar-refractivity contribution in [2.45, 2.75) is 6.92 Å². The molecule has 1 aromatic carbocycles. The Kier molecular flexibility index (Phi) is 4.49. The molecule has 0 fully saturated rings. The van der Waals surface area contributed by atoms with Crippen molar-refractivity contribution in [3.05, 3.63) is 29.6 Å². The molecule has 0 aliphatic carbocycles. The van der Waals surface area contributed by atoms with Gasteiger partial charge in [-0.1, -0.05) is 12.0 Å². The van der Waals surface area contributed by atoms with Gasteiger partial charge in [-0.2, -0.15) is 0 Å². The predicted octanol–water partition coefficient (Wildman–Crippen LogP) is 1.30. The molecule has 0 aliphatic rings. The minimum Gasteiger partial charge on any atom is -0.325 e. The lowest BCUT2D eigenvalue weighted by Crippen LogP contribution is -2.28. The topological polar surface area (TPSA) is 41.1 Å². The SMILES string of the molecule is C#CCNCC(=O)Nc1cccc(F)c1C. The monoisotopic (exact) mass is 220 g/mol. The average molecular weight is 220 g/mol. The lowest BCUT2D eigenvalue weighted by atomic mass is 10.2. The summed E-state index contributed by atoms with van der Waals surface area (Å²) in [5, 5.41) is 5.35. The number of benzene rings is 1. The number of carbonyl (C=O) groups is 1. The molecule has 0 saturated carbocycles. The molecule has 0 aliphatic heterocycles. The van der Waals surface area contributed by atoms with E-state index < -0.39 is 0 Å². The Hall–Kier alpha value is -1.86. The molecule has 1 amide bonds. The van der Waals surface area contributed by atoms with E-state index in [9.17, 15) is 9.18 Å². The Morgan fingerprint density at radius 2 is 2.31 bits per heavy atom. The van der Waals surface area contributed by atoms with Crippen molar-refractivity contribution in [1.82, 2.24) is 5.32 Å². The first-order valence-corrected chi connectivity index (χ1v) is 4.84. The summed E-state index contributed by atoms with van der Waals surface area (Å²) in [5.41, 5.74) is 0.903. The van der Waals surface area contributed by atoms with Crippen LogP contribution in [0.15, 0.2) is 18.2 Å². The van der Waals surface area contributed by atoms with E-state index in [1.165, 1.54) is 6.07 Å². The van der Waals surface area contributed by atoms with Gasteiger partial charge in [0.25, 0.3) is 0 Å². The van der Waals surface area contributed by atoms with Gasteiger partial charge in [0.15, 0.2) is 0 Å². The van der Waals surface area contributed by atoms with E-state index in [1.54, 1.807) is 19.1 Å². The van der Waals surface area contributed by atoms with E-state index in [0.717, 1.165) is 0 Å². The smallest absolute Gasteiger partial charge is 0.238 e. The molecular weight excluding hydrogens is 207 g/mol. The van der Waals surface area contributed by atoms with Gasteiger partial charge in [-0.25, -0.2) is 4.39 Å². The van der Waals surface area contributed by atoms with Gasteiger partial charge < -0.3 is 5.32 Å². The van der Waals surface area contributed by atoms with Crippen molar-refractivity contribution < 1.29 is 9.18 Å². The fourth-order valence-corrected chi connectivity index (χ4v) is 1.19. The normalized spacial score (nSPS) is 9.56. The third-order valence-electron chi connectivity index (χ3n) is 2.05. The zero-order chi connectivity index (χ0) is 12.0. The number of anilines is 1. The summed E-state index contributed by atoms with van der Waals surface area (Å²) in [6, 6.07) is 4.55. The summed E-state index contributed by atoms with van der Waals surface area (Å²) in [5.74, 6) is 1.77. The quantitative estimate of drug-likeness (QED) is 0.593. The first-order chi connectivity index (χ1) is 7.65. The van der Waals surface area contributed by atoms with Gasteiger partial charge in [-0.15, -0.1) is 6.42 Å². The van der Waals surface area contributed by atoms with Crippen LogP contribution in [0.3, 0.4) is 0 Å². The molecular formula is C12H13FN2O. The molecule has 1 rings (SSSR count). The number of amides is 1. The lowest BCUT2D eigenvalue weighted by Gasteiger charge is -2.08. The first kappa shape index (κ1) is 12.2. The molecule has 16 heavy (non-hydrogen) atoms. The molecule has 84 valence electrons. The maximum atomic E-state index is 13.1. The number of halogens is 1. The molecule has 0 spiro atoms. The summed E-state index contributed by atoms with van der Waals surface area (Å²) >= 11 is 0. The number of carbonyl (C=O) groups excluding carboxylic acids is 1. The van der Waals surface area contributed by atoms with E-state index >= 15 is 0 Å². The number of hydrogen-bond donors (Lipinski definition) is 2. The Bertz CT molecular complexity index is 424. The molecule has 4 heteroatoms. The lowest BCUT2D eigenvalue weighted by molar-refractivity contribution is -0.115. The zero-order valence-electron chi connectivity index (χ0n) is 9.01. The van der Waals surface area contributed by atoms with Gasteiger partial charge in [-0.05, 0) is 19.1 Å². The van der Waals surface area contributed by atoms with Crippen molar-refractivity contribution in [3.63, 3.8) is 0 Å². The highest BCUT2D eigenvalue weighted by molar-refractivity contribution is 5.92. The van der Waals surface area contributed by atoms with Crippen LogP contribution < -0.4 is 10.6 Å². The van der Waals surface area contributed by atoms with Gasteiger partial charge in [0.2, 0.25) is 5.91 Å². The third-order valence-corrected chi connectivity index (χ3v) is 2.05. The Labute approximate surface area is 94.0 Å². The molecule has 0 saturated heterocycles. The van der Waals surface area contributed by atoms with Crippen molar-refractivity contribution in [3.8, 4) is 12.3 Å². The minimum absolute atomic E-state index is 0.111. The highest BCUT2D eigenvalue weighted by atomic mass is 19.1. The van der Waals surface area contributed by atoms with Crippen molar-refractivity contribution in [2.75, 3.05) is 18.4 Å². The second-order valence-corrected chi connectivity index (χ2v) is 3.27. The van der Waals surface area contributed by atoms with E-state index in [-0.39, 0.29) is 18.3 Å². The summed E-state index contributed by atoms with van der Waals surface area (Å²) in [4.78, 5) is 11.4. The van der Waals surface area contributed by atoms with Gasteiger partial charge in [-0.3, -0.25) is 10.1 Å². The third kappa shape index (κ3) is 3.37. The van der Waals surface area contributed by atoms with E-state index in [1.807, 2.05) is 0 Å². The summed E-state index contributed by atoms with van der Waals surface area (Å²) in [6.07, 6.45) is 5.02. The predicted molar refractivity (Wildman–Crippen MR) is 61.5 cm³/mol. The molecule has 0 heterocycles. The van der Waals surface area contributed by atoms with Gasteiger partial charge >= 0.3 is 0 Å². The molecule has 0 aromatic heterocycles. The van der Waals surface area contributed by atoms with Crippen molar-refractivity contribution in [2.24, 2.45) is 0 Å². The average Bonchev–Trinajstić information content (AvgIpc) is 2.25. The Morgan fingerprint density at radius 3 is 3.00 bits per heavy atom. The molecule has 0 atom stereocenters. The second-order valence-electron chi connectivity index (χ2n) is 3.27. The van der Waals surface area contributed by atoms with Gasteiger partial charge in [0.1, 0.15) is 5.82 Å². The van der Waals surface area contributed by atoms with E-state index in [2.05, 4.69) is 16.6 Å². The zero-order valence-corrected chi connectivity index (χ0v) is 9.01. The number of nitrogens with one attached hydrogen (secondary N) is 2. The molecule has 0 bridgehead atoms. The molecule has 0 radical (unpaired) electrons. The van der Waals surface area contributed by atoms with Crippen LogP contribution in [-0.2, 0) is 4.79 Å². The Morgan fingerprint density at radius 1 is 1.56 bits per heavy atom. The molecule has 3 nitrogen and oxygen atoms in total. The van der Waals surface area contributed by atoms with Crippen LogP contribution in [0.2, 0.25) is 0 Å². The highest BCUT2D eigenvalue weighted by Gasteiger charge is 2.06. The molecule has 2 N–H and O–H groups in total. The summed E-state index contributed by atoms with van der Waals surface area (Å²) in [7, 11) is 0. The second kappa shape index (κ2) is 5.89. The van der Waals surface area contributed by atoms with E-state index in [0.29, 0.717) is 17.8 Å². The molecule has 1 aromatic rings. The van der Waals surface area contributed by atoms with Crippen LogP contribution in [0.1, 0.15) is 5.56 Å². The van der Waals surface area contributed by atoms with Crippen LogP contribution in [0.4, 0.5) is 10.1 Å². The first-order valence-electron chi connectivity index (χ1n) is 4.84. The fourth-order valence-electron chi connectivity index (χ4n) is 1.19. The van der Waals surface area contributed by atoms with Crippen LogP contribution in [0.5, 0.6) is 0 Å². The molecule has 0 unspecified atom stereocenters.